The van der Waals surface area contributed by atoms with Gasteiger partial charge in [-0.3, -0.25) is 0 Å². The molecule has 0 atom stereocenters. The highest BCUT2D eigenvalue weighted by Gasteiger charge is 2.34. The van der Waals surface area contributed by atoms with Crippen LogP contribution in [0, 0.1) is 6.92 Å². The zero-order chi connectivity index (χ0) is 14.2. The van der Waals surface area contributed by atoms with Crippen molar-refractivity contribution in [2.45, 2.75) is 19.7 Å². The number of halogens is 4. The maximum absolute atomic E-state index is 12.6. The van der Waals surface area contributed by atoms with Crippen LogP contribution >= 0.6 is 15.9 Å². The van der Waals surface area contributed by atoms with E-state index in [9.17, 15) is 18.3 Å². The highest BCUT2D eigenvalue weighted by Crippen LogP contribution is 2.30. The minimum Gasteiger partial charge on any atom is -0.392 e. The van der Waals surface area contributed by atoms with Gasteiger partial charge >= 0.3 is 6.18 Å². The summed E-state index contributed by atoms with van der Waals surface area (Å²) >= 11 is 3.24. The van der Waals surface area contributed by atoms with Crippen LogP contribution in [0.15, 0.2) is 28.7 Å². The Balaban J connectivity index is 2.56. The predicted octanol–water partition coefficient (Wildman–Crippen LogP) is 3.45. The first-order chi connectivity index (χ1) is 8.82. The smallest absolute Gasteiger partial charge is 0.392 e. The van der Waals surface area contributed by atoms with Crippen molar-refractivity contribution in [2.24, 2.45) is 0 Å². The first kappa shape index (κ1) is 14.1. The molecule has 0 saturated carbocycles. The van der Waals surface area contributed by atoms with E-state index in [1.165, 1.54) is 11.6 Å². The molecule has 0 amide bonds. The lowest BCUT2D eigenvalue weighted by Crippen LogP contribution is -2.08. The van der Waals surface area contributed by atoms with Gasteiger partial charge in [-0.1, -0.05) is 15.9 Å². The normalized spacial score (nSPS) is 11.9. The molecule has 0 radical (unpaired) electrons. The van der Waals surface area contributed by atoms with Gasteiger partial charge in [-0.25, -0.2) is 4.68 Å². The molecular weight excluding hydrogens is 325 g/mol. The van der Waals surface area contributed by atoms with Crippen LogP contribution in [-0.2, 0) is 12.8 Å². The number of nitrogens with zero attached hydrogens (tertiary/aromatic N) is 2. The van der Waals surface area contributed by atoms with Crippen LogP contribution < -0.4 is 0 Å². The Kier molecular flexibility index (Phi) is 3.69. The monoisotopic (exact) mass is 334 g/mol. The van der Waals surface area contributed by atoms with Crippen LogP contribution in [0.1, 0.15) is 17.0 Å². The van der Waals surface area contributed by atoms with E-state index < -0.39 is 11.9 Å². The van der Waals surface area contributed by atoms with Gasteiger partial charge < -0.3 is 5.11 Å². The Morgan fingerprint density at radius 3 is 2.53 bits per heavy atom. The van der Waals surface area contributed by atoms with Crippen molar-refractivity contribution in [3.8, 4) is 5.69 Å². The maximum Gasteiger partial charge on any atom is 0.435 e. The quantitative estimate of drug-likeness (QED) is 0.913. The van der Waals surface area contributed by atoms with Crippen molar-refractivity contribution in [3.63, 3.8) is 0 Å². The Morgan fingerprint density at radius 2 is 2.00 bits per heavy atom. The van der Waals surface area contributed by atoms with Crippen LogP contribution in [0.2, 0.25) is 0 Å². The molecule has 1 aromatic heterocycles. The molecule has 19 heavy (non-hydrogen) atoms. The molecule has 3 nitrogen and oxygen atoms in total. The second-order valence-corrected chi connectivity index (χ2v) is 4.93. The molecule has 1 N–H and O–H groups in total. The molecule has 102 valence electrons. The topological polar surface area (TPSA) is 38.0 Å². The van der Waals surface area contributed by atoms with Gasteiger partial charge in [0.1, 0.15) is 0 Å². The van der Waals surface area contributed by atoms with Gasteiger partial charge in [0.2, 0.25) is 0 Å². The van der Waals surface area contributed by atoms with Crippen molar-refractivity contribution in [3.05, 3.63) is 45.7 Å². The van der Waals surface area contributed by atoms with E-state index >= 15 is 0 Å². The molecule has 0 aliphatic rings. The molecule has 7 heteroatoms. The standard InChI is InChI=1S/C12H10BrF3N2O/c1-7-4-11(12(14,15)16)17-18(7)10-3-2-9(13)5-8(10)6-19/h2-5,19H,6H2,1H3. The molecule has 0 aliphatic carbocycles. The summed E-state index contributed by atoms with van der Waals surface area (Å²) in [6.07, 6.45) is -4.48. The molecule has 0 fully saturated rings. The molecule has 0 spiro atoms. The average Bonchev–Trinajstić information content (AvgIpc) is 2.71. The van der Waals surface area contributed by atoms with Crippen molar-refractivity contribution in [2.75, 3.05) is 0 Å². The minimum absolute atomic E-state index is 0.282. The molecule has 0 bridgehead atoms. The third-order valence-electron chi connectivity index (χ3n) is 2.62. The summed E-state index contributed by atoms with van der Waals surface area (Å²) in [7, 11) is 0. The summed E-state index contributed by atoms with van der Waals surface area (Å²) in [5.74, 6) is 0. The van der Waals surface area contributed by atoms with E-state index in [-0.39, 0.29) is 6.61 Å². The fourth-order valence-corrected chi connectivity index (χ4v) is 2.15. The SMILES string of the molecule is Cc1cc(C(F)(F)F)nn1-c1ccc(Br)cc1CO. The number of rotatable bonds is 2. The average molecular weight is 335 g/mol. The number of aryl methyl sites for hydroxylation is 1. The molecule has 0 aliphatic heterocycles. The molecule has 1 aromatic carbocycles. The molecular formula is C12H10BrF3N2O. The number of hydrogen-bond donors (Lipinski definition) is 1. The predicted molar refractivity (Wildman–Crippen MR) is 66.9 cm³/mol. The fourth-order valence-electron chi connectivity index (χ4n) is 1.74. The van der Waals surface area contributed by atoms with E-state index in [0.29, 0.717) is 16.9 Å². The van der Waals surface area contributed by atoms with Crippen molar-refractivity contribution >= 4 is 15.9 Å². The third-order valence-corrected chi connectivity index (χ3v) is 3.11. The van der Waals surface area contributed by atoms with Crippen molar-refractivity contribution in [1.82, 2.24) is 9.78 Å². The number of hydrogen-bond acceptors (Lipinski definition) is 2. The highest BCUT2D eigenvalue weighted by molar-refractivity contribution is 9.10. The lowest BCUT2D eigenvalue weighted by Gasteiger charge is -2.10. The Bertz CT molecular complexity index is 608. The lowest BCUT2D eigenvalue weighted by atomic mass is 10.2. The summed E-state index contributed by atoms with van der Waals surface area (Å²) < 4.78 is 39.8. The Morgan fingerprint density at radius 1 is 1.32 bits per heavy atom. The van der Waals surface area contributed by atoms with Crippen molar-refractivity contribution in [1.29, 1.82) is 0 Å². The summed E-state index contributed by atoms with van der Waals surface area (Å²) in [6, 6.07) is 5.91. The van der Waals surface area contributed by atoms with Gasteiger partial charge in [-0.15, -0.1) is 0 Å². The van der Waals surface area contributed by atoms with Crippen molar-refractivity contribution < 1.29 is 18.3 Å². The van der Waals surface area contributed by atoms with Gasteiger partial charge in [0, 0.05) is 15.7 Å². The second kappa shape index (κ2) is 4.97. The molecule has 2 rings (SSSR count). The van der Waals surface area contributed by atoms with E-state index in [1.807, 2.05) is 0 Å². The third kappa shape index (κ3) is 2.82. The highest BCUT2D eigenvalue weighted by atomic mass is 79.9. The Labute approximate surface area is 115 Å². The van der Waals surface area contributed by atoms with Gasteiger partial charge in [0.15, 0.2) is 5.69 Å². The Hall–Kier alpha value is -1.34. The van der Waals surface area contributed by atoms with Gasteiger partial charge in [0.05, 0.1) is 12.3 Å². The van der Waals surface area contributed by atoms with Crippen LogP contribution in [-0.4, -0.2) is 14.9 Å². The minimum atomic E-state index is -4.48. The largest absolute Gasteiger partial charge is 0.435 e. The molecule has 2 aromatic rings. The summed E-state index contributed by atoms with van der Waals surface area (Å²) in [5.41, 5.74) is 0.328. The number of aliphatic hydroxyl groups excluding tert-OH is 1. The van der Waals surface area contributed by atoms with E-state index in [1.54, 1.807) is 18.2 Å². The zero-order valence-electron chi connectivity index (χ0n) is 9.87. The van der Waals surface area contributed by atoms with Gasteiger partial charge in [-0.05, 0) is 31.2 Å². The van der Waals surface area contributed by atoms with E-state index in [0.717, 1.165) is 10.5 Å². The maximum atomic E-state index is 12.6. The van der Waals surface area contributed by atoms with Crippen LogP contribution in [0.3, 0.4) is 0 Å². The molecule has 0 saturated heterocycles. The first-order valence-electron chi connectivity index (χ1n) is 5.36. The number of alkyl halides is 3. The first-order valence-corrected chi connectivity index (χ1v) is 6.15. The second-order valence-electron chi connectivity index (χ2n) is 4.01. The van der Waals surface area contributed by atoms with E-state index in [4.69, 9.17) is 0 Å². The number of benzene rings is 1. The van der Waals surface area contributed by atoms with Crippen LogP contribution in [0.4, 0.5) is 13.2 Å². The summed E-state index contributed by atoms with van der Waals surface area (Å²) in [4.78, 5) is 0. The number of aromatic nitrogens is 2. The molecule has 1 heterocycles. The fraction of sp³-hybridized carbons (Fsp3) is 0.250. The number of aliphatic hydroxyl groups is 1. The van der Waals surface area contributed by atoms with Gasteiger partial charge in [-0.2, -0.15) is 18.3 Å². The summed E-state index contributed by atoms with van der Waals surface area (Å²) in [5, 5.41) is 12.8. The molecule has 0 unspecified atom stereocenters. The summed E-state index contributed by atoms with van der Waals surface area (Å²) in [6.45, 7) is 1.25. The lowest BCUT2D eigenvalue weighted by molar-refractivity contribution is -0.141. The van der Waals surface area contributed by atoms with E-state index in [2.05, 4.69) is 21.0 Å². The van der Waals surface area contributed by atoms with Crippen LogP contribution in [0.5, 0.6) is 0 Å². The van der Waals surface area contributed by atoms with Crippen LogP contribution in [0.25, 0.3) is 5.69 Å². The zero-order valence-corrected chi connectivity index (χ0v) is 11.5. The van der Waals surface area contributed by atoms with Gasteiger partial charge in [0.25, 0.3) is 0 Å².